The van der Waals surface area contributed by atoms with Gasteiger partial charge in [0.2, 0.25) is 0 Å². The van der Waals surface area contributed by atoms with Crippen LogP contribution >= 0.6 is 0 Å². The number of carbonyl (C=O) groups is 1. The van der Waals surface area contributed by atoms with Gasteiger partial charge in [-0.3, -0.25) is 0 Å². The van der Waals surface area contributed by atoms with Crippen LogP contribution < -0.4 is 0 Å². The quantitative estimate of drug-likeness (QED) is 0.569. The van der Waals surface area contributed by atoms with E-state index in [2.05, 4.69) is 0 Å². The van der Waals surface area contributed by atoms with Crippen LogP contribution in [0.2, 0.25) is 0 Å². The maximum absolute atomic E-state index is 11.1. The molecule has 0 bridgehead atoms. The summed E-state index contributed by atoms with van der Waals surface area (Å²) in [6.07, 6.45) is 6.28. The number of allylic oxidation sites excluding steroid dienone is 1. The highest BCUT2D eigenvalue weighted by Crippen LogP contribution is 2.17. The summed E-state index contributed by atoms with van der Waals surface area (Å²) in [5, 5.41) is 0. The van der Waals surface area contributed by atoms with Crippen LogP contribution in [0.3, 0.4) is 0 Å². The molecule has 0 aromatic rings. The minimum atomic E-state index is -0.118. The fraction of sp³-hybridized carbons (Fsp3) is 0.667. The number of hydrogen-bond donors (Lipinski definition) is 0. The maximum atomic E-state index is 11.1. The Morgan fingerprint density at radius 2 is 2.45 bits per heavy atom. The van der Waals surface area contributed by atoms with Crippen molar-refractivity contribution in [3.8, 4) is 0 Å². The van der Waals surface area contributed by atoms with Gasteiger partial charge < -0.3 is 4.74 Å². The summed E-state index contributed by atoms with van der Waals surface area (Å²) in [6.45, 7) is 2.32. The minimum absolute atomic E-state index is 0.118. The van der Waals surface area contributed by atoms with E-state index in [1.165, 1.54) is 6.42 Å². The maximum Gasteiger partial charge on any atom is 0.333 e. The lowest BCUT2D eigenvalue weighted by atomic mass is 10.00. The van der Waals surface area contributed by atoms with Crippen molar-refractivity contribution in [3.05, 3.63) is 11.6 Å². The van der Waals surface area contributed by atoms with E-state index in [-0.39, 0.29) is 5.97 Å². The molecule has 0 spiro atoms. The zero-order valence-electron chi connectivity index (χ0n) is 6.93. The number of esters is 1. The van der Waals surface area contributed by atoms with E-state index in [0.717, 1.165) is 24.8 Å². The highest BCUT2D eigenvalue weighted by Gasteiger charge is 2.11. The van der Waals surface area contributed by atoms with Crippen LogP contribution in [0.25, 0.3) is 0 Å². The summed E-state index contributed by atoms with van der Waals surface area (Å²) in [5.74, 6) is -0.118. The molecule has 0 aliphatic heterocycles. The first kappa shape index (κ1) is 8.31. The molecule has 2 heteroatoms. The molecule has 1 rings (SSSR count). The van der Waals surface area contributed by atoms with Crippen LogP contribution in [0.1, 0.15) is 32.6 Å². The lowest BCUT2D eigenvalue weighted by Crippen LogP contribution is -2.09. The highest BCUT2D eigenvalue weighted by atomic mass is 16.5. The first-order chi connectivity index (χ1) is 5.34. The fourth-order valence-corrected chi connectivity index (χ4v) is 1.25. The van der Waals surface area contributed by atoms with Crippen LogP contribution in [0.15, 0.2) is 11.6 Å². The van der Waals surface area contributed by atoms with Gasteiger partial charge in [0.15, 0.2) is 0 Å². The topological polar surface area (TPSA) is 26.3 Å². The third-order valence-corrected chi connectivity index (χ3v) is 1.83. The average Bonchev–Trinajstić information content (AvgIpc) is 2.07. The van der Waals surface area contributed by atoms with E-state index in [4.69, 9.17) is 4.74 Å². The molecule has 0 heterocycles. The van der Waals surface area contributed by atoms with Gasteiger partial charge in [0.05, 0.1) is 6.61 Å². The van der Waals surface area contributed by atoms with Crippen molar-refractivity contribution in [2.45, 2.75) is 32.6 Å². The molecule has 0 atom stereocenters. The van der Waals surface area contributed by atoms with E-state index >= 15 is 0 Å². The van der Waals surface area contributed by atoms with E-state index in [1.54, 1.807) is 0 Å². The van der Waals surface area contributed by atoms with Gasteiger partial charge in [-0.25, -0.2) is 4.79 Å². The summed E-state index contributed by atoms with van der Waals surface area (Å²) in [4.78, 5) is 11.1. The molecule has 0 fully saturated rings. The molecule has 0 aromatic carbocycles. The molecule has 1 aliphatic carbocycles. The van der Waals surface area contributed by atoms with Gasteiger partial charge in [0, 0.05) is 5.57 Å². The molecule has 0 saturated heterocycles. The van der Waals surface area contributed by atoms with E-state index in [9.17, 15) is 4.79 Å². The second-order valence-corrected chi connectivity index (χ2v) is 2.70. The smallest absolute Gasteiger partial charge is 0.333 e. The lowest BCUT2D eigenvalue weighted by Gasteiger charge is -2.10. The first-order valence-corrected chi connectivity index (χ1v) is 4.20. The van der Waals surface area contributed by atoms with Crippen molar-refractivity contribution < 1.29 is 9.53 Å². The zero-order chi connectivity index (χ0) is 8.10. The van der Waals surface area contributed by atoms with Crippen LogP contribution in [0.5, 0.6) is 0 Å². The summed E-state index contributed by atoms with van der Waals surface area (Å²) in [6, 6.07) is 0. The van der Waals surface area contributed by atoms with Crippen molar-refractivity contribution in [2.24, 2.45) is 0 Å². The predicted octanol–water partition coefficient (Wildman–Crippen LogP) is 2.05. The van der Waals surface area contributed by atoms with Crippen LogP contribution in [0.4, 0.5) is 0 Å². The standard InChI is InChI=1S/C9H14O2/c1-2-11-9(10)8-6-4-3-5-7-8/h6H,2-5,7H2,1H3. The van der Waals surface area contributed by atoms with Crippen molar-refractivity contribution in [1.82, 2.24) is 0 Å². The van der Waals surface area contributed by atoms with Gasteiger partial charge in [-0.05, 0) is 32.6 Å². The molecule has 0 unspecified atom stereocenters. The molecular weight excluding hydrogens is 140 g/mol. The molecule has 0 amide bonds. The Labute approximate surface area is 67.2 Å². The van der Waals surface area contributed by atoms with Crippen LogP contribution in [-0.2, 0) is 9.53 Å². The molecule has 2 nitrogen and oxygen atoms in total. The third-order valence-electron chi connectivity index (χ3n) is 1.83. The third kappa shape index (κ3) is 2.37. The van der Waals surface area contributed by atoms with E-state index < -0.39 is 0 Å². The fourth-order valence-electron chi connectivity index (χ4n) is 1.25. The SMILES string of the molecule is CCOC(=O)C1=CCCCC1. The minimum Gasteiger partial charge on any atom is -0.463 e. The van der Waals surface area contributed by atoms with Gasteiger partial charge >= 0.3 is 5.97 Å². The van der Waals surface area contributed by atoms with Gasteiger partial charge in [-0.1, -0.05) is 6.08 Å². The Morgan fingerprint density at radius 1 is 1.64 bits per heavy atom. The molecule has 0 radical (unpaired) electrons. The Morgan fingerprint density at radius 3 is 3.00 bits per heavy atom. The van der Waals surface area contributed by atoms with Crippen molar-refractivity contribution in [2.75, 3.05) is 6.61 Å². The number of ether oxygens (including phenoxy) is 1. The van der Waals surface area contributed by atoms with Crippen LogP contribution in [0, 0.1) is 0 Å². The molecule has 1 aliphatic rings. The normalized spacial score (nSPS) is 17.4. The number of rotatable bonds is 2. The predicted molar refractivity (Wildman–Crippen MR) is 43.2 cm³/mol. The molecule has 11 heavy (non-hydrogen) atoms. The van der Waals surface area contributed by atoms with Gasteiger partial charge in [0.25, 0.3) is 0 Å². The zero-order valence-corrected chi connectivity index (χ0v) is 6.93. The van der Waals surface area contributed by atoms with Gasteiger partial charge in [0.1, 0.15) is 0 Å². The summed E-state index contributed by atoms with van der Waals surface area (Å²) in [5.41, 5.74) is 0.873. The Balaban J connectivity index is 2.44. The van der Waals surface area contributed by atoms with E-state index in [0.29, 0.717) is 6.61 Å². The Kier molecular flexibility index (Phi) is 3.14. The summed E-state index contributed by atoms with van der Waals surface area (Å²) >= 11 is 0. The monoisotopic (exact) mass is 154 g/mol. The molecule has 0 saturated carbocycles. The van der Waals surface area contributed by atoms with Gasteiger partial charge in [-0.15, -0.1) is 0 Å². The lowest BCUT2D eigenvalue weighted by molar-refractivity contribution is -0.138. The molecule has 0 aromatic heterocycles. The van der Waals surface area contributed by atoms with Crippen molar-refractivity contribution in [3.63, 3.8) is 0 Å². The summed E-state index contributed by atoms with van der Waals surface area (Å²) < 4.78 is 4.87. The highest BCUT2D eigenvalue weighted by molar-refractivity contribution is 5.88. The first-order valence-electron chi connectivity index (χ1n) is 4.20. The van der Waals surface area contributed by atoms with E-state index in [1.807, 2.05) is 13.0 Å². The number of hydrogen-bond acceptors (Lipinski definition) is 2. The second kappa shape index (κ2) is 4.16. The van der Waals surface area contributed by atoms with Crippen molar-refractivity contribution in [1.29, 1.82) is 0 Å². The Bertz CT molecular complexity index is 170. The molecule has 0 N–H and O–H groups in total. The van der Waals surface area contributed by atoms with Crippen LogP contribution in [-0.4, -0.2) is 12.6 Å². The second-order valence-electron chi connectivity index (χ2n) is 2.70. The largest absolute Gasteiger partial charge is 0.463 e. The van der Waals surface area contributed by atoms with Gasteiger partial charge in [-0.2, -0.15) is 0 Å². The Hall–Kier alpha value is -0.790. The molecular formula is C9H14O2. The average molecular weight is 154 g/mol. The number of carbonyl (C=O) groups excluding carboxylic acids is 1. The summed E-state index contributed by atoms with van der Waals surface area (Å²) in [7, 11) is 0. The molecule has 62 valence electrons. The van der Waals surface area contributed by atoms with Crippen molar-refractivity contribution >= 4 is 5.97 Å².